The average Bonchev–Trinajstić information content (AvgIpc) is 2.63. The van der Waals surface area contributed by atoms with Gasteiger partial charge in [-0.1, -0.05) is 30.3 Å². The standard InChI is InChI=1S/C18H18ClN3O4/c1-9-12(17(24)26-4)13(10-5-7-11(19)8-6-10)14-15(20-9)21(2)18(25)22(3)16(14)23/h5-8,12-13,20H,1H2,2-4H3. The predicted octanol–water partition coefficient (Wildman–Crippen LogP) is 1.60. The number of nitrogens with zero attached hydrogens (tertiary/aromatic N) is 2. The summed E-state index contributed by atoms with van der Waals surface area (Å²) in [5.41, 5.74) is 0.411. The summed E-state index contributed by atoms with van der Waals surface area (Å²) in [6, 6.07) is 6.86. The lowest BCUT2D eigenvalue weighted by atomic mass is 9.77. The molecule has 0 saturated carbocycles. The number of rotatable bonds is 2. The number of fused-ring (bicyclic) bond motifs is 1. The van der Waals surface area contributed by atoms with E-state index in [1.807, 2.05) is 0 Å². The zero-order valence-electron chi connectivity index (χ0n) is 14.6. The fraction of sp³-hybridized carbons (Fsp3) is 0.278. The molecule has 1 aliphatic heterocycles. The normalized spacial score (nSPS) is 18.8. The summed E-state index contributed by atoms with van der Waals surface area (Å²) in [5.74, 6) is -1.68. The van der Waals surface area contributed by atoms with Crippen molar-refractivity contribution in [2.24, 2.45) is 20.0 Å². The minimum atomic E-state index is -0.820. The Labute approximate surface area is 154 Å². The molecule has 26 heavy (non-hydrogen) atoms. The molecule has 2 atom stereocenters. The van der Waals surface area contributed by atoms with Crippen molar-refractivity contribution in [3.05, 3.63) is 73.5 Å². The quantitative estimate of drug-likeness (QED) is 0.806. The fourth-order valence-electron chi connectivity index (χ4n) is 3.33. The van der Waals surface area contributed by atoms with Crippen LogP contribution < -0.4 is 16.6 Å². The van der Waals surface area contributed by atoms with Gasteiger partial charge in [0.15, 0.2) is 0 Å². The van der Waals surface area contributed by atoms with Gasteiger partial charge in [0.1, 0.15) is 11.7 Å². The number of carbonyl (C=O) groups is 1. The molecule has 0 bridgehead atoms. The highest BCUT2D eigenvalue weighted by molar-refractivity contribution is 6.30. The lowest BCUT2D eigenvalue weighted by Gasteiger charge is -2.35. The van der Waals surface area contributed by atoms with Crippen molar-refractivity contribution in [2.75, 3.05) is 12.4 Å². The first kappa shape index (κ1) is 18.0. The topological polar surface area (TPSA) is 82.3 Å². The molecule has 0 amide bonds. The molecular weight excluding hydrogens is 358 g/mol. The second-order valence-electron chi connectivity index (χ2n) is 6.15. The van der Waals surface area contributed by atoms with Crippen LogP contribution >= 0.6 is 11.6 Å². The Bertz CT molecular complexity index is 1020. The summed E-state index contributed by atoms with van der Waals surface area (Å²) >= 11 is 5.98. The summed E-state index contributed by atoms with van der Waals surface area (Å²) in [6.45, 7) is 3.92. The fourth-order valence-corrected chi connectivity index (χ4v) is 3.46. The molecule has 0 fully saturated rings. The van der Waals surface area contributed by atoms with Gasteiger partial charge in [-0.25, -0.2) is 4.79 Å². The highest BCUT2D eigenvalue weighted by Crippen LogP contribution is 2.42. The summed E-state index contributed by atoms with van der Waals surface area (Å²) in [6.07, 6.45) is 0. The number of halogens is 1. The third-order valence-electron chi connectivity index (χ3n) is 4.68. The van der Waals surface area contributed by atoms with Crippen molar-refractivity contribution < 1.29 is 9.53 Å². The van der Waals surface area contributed by atoms with E-state index in [-0.39, 0.29) is 0 Å². The van der Waals surface area contributed by atoms with Gasteiger partial charge in [-0.05, 0) is 17.7 Å². The number of methoxy groups -OCH3 is 1. The third-order valence-corrected chi connectivity index (χ3v) is 4.93. The van der Waals surface area contributed by atoms with Gasteiger partial charge in [0, 0.05) is 30.7 Å². The number of aromatic nitrogens is 2. The molecular formula is C18H18ClN3O4. The van der Waals surface area contributed by atoms with Crippen molar-refractivity contribution in [1.29, 1.82) is 0 Å². The molecule has 1 N–H and O–H groups in total. The van der Waals surface area contributed by atoms with E-state index in [0.717, 1.165) is 4.57 Å². The number of esters is 1. The van der Waals surface area contributed by atoms with Gasteiger partial charge in [0.2, 0.25) is 0 Å². The monoisotopic (exact) mass is 375 g/mol. The van der Waals surface area contributed by atoms with E-state index in [1.54, 1.807) is 31.3 Å². The molecule has 1 aromatic heterocycles. The second-order valence-corrected chi connectivity index (χ2v) is 6.58. The first-order valence-electron chi connectivity index (χ1n) is 7.87. The molecule has 0 saturated heterocycles. The third kappa shape index (κ3) is 2.64. The minimum Gasteiger partial charge on any atom is -0.468 e. The van der Waals surface area contributed by atoms with Crippen LogP contribution in [0.2, 0.25) is 5.02 Å². The lowest BCUT2D eigenvalue weighted by molar-refractivity contribution is -0.144. The molecule has 2 unspecified atom stereocenters. The number of carbonyl (C=O) groups excluding carboxylic acids is 1. The minimum absolute atomic E-state index is 0.305. The average molecular weight is 376 g/mol. The Balaban J connectivity index is 2.38. The van der Waals surface area contributed by atoms with Gasteiger partial charge in [-0.3, -0.25) is 18.7 Å². The SMILES string of the molecule is C=C1Nc2c(c(=O)n(C)c(=O)n2C)C(c2ccc(Cl)cc2)C1C(=O)OC. The highest BCUT2D eigenvalue weighted by atomic mass is 35.5. The van der Waals surface area contributed by atoms with E-state index in [4.69, 9.17) is 16.3 Å². The second kappa shape index (κ2) is 6.49. The van der Waals surface area contributed by atoms with Gasteiger partial charge in [-0.2, -0.15) is 0 Å². The number of anilines is 1. The maximum absolute atomic E-state index is 12.9. The summed E-state index contributed by atoms with van der Waals surface area (Å²) in [7, 11) is 4.24. The highest BCUT2D eigenvalue weighted by Gasteiger charge is 2.42. The Morgan fingerprint density at radius 1 is 1.19 bits per heavy atom. The first-order chi connectivity index (χ1) is 12.3. The van der Waals surface area contributed by atoms with Crippen LogP contribution in [0.4, 0.5) is 5.82 Å². The smallest absolute Gasteiger partial charge is 0.332 e. The van der Waals surface area contributed by atoms with Crippen molar-refractivity contribution in [3.8, 4) is 0 Å². The van der Waals surface area contributed by atoms with Crippen molar-refractivity contribution in [1.82, 2.24) is 9.13 Å². The van der Waals surface area contributed by atoms with Crippen molar-refractivity contribution in [2.45, 2.75) is 5.92 Å². The van der Waals surface area contributed by atoms with Crippen LogP contribution in [0.25, 0.3) is 0 Å². The zero-order valence-corrected chi connectivity index (χ0v) is 15.3. The maximum Gasteiger partial charge on any atom is 0.332 e. The number of hydrogen-bond acceptors (Lipinski definition) is 5. The van der Waals surface area contributed by atoms with Gasteiger partial charge in [0.05, 0.1) is 12.7 Å². The Hall–Kier alpha value is -2.80. The number of nitrogens with one attached hydrogen (secondary N) is 1. The van der Waals surface area contributed by atoms with E-state index in [0.29, 0.717) is 27.7 Å². The summed E-state index contributed by atoms with van der Waals surface area (Å²) in [5, 5.41) is 3.47. The van der Waals surface area contributed by atoms with Crippen LogP contribution in [-0.4, -0.2) is 22.2 Å². The van der Waals surface area contributed by atoms with Crippen molar-refractivity contribution >= 4 is 23.4 Å². The van der Waals surface area contributed by atoms with Crippen LogP contribution in [-0.2, 0) is 23.6 Å². The Morgan fingerprint density at radius 2 is 1.81 bits per heavy atom. The van der Waals surface area contributed by atoms with E-state index in [1.165, 1.54) is 18.7 Å². The summed E-state index contributed by atoms with van der Waals surface area (Å²) in [4.78, 5) is 37.6. The van der Waals surface area contributed by atoms with Gasteiger partial charge < -0.3 is 10.1 Å². The Kier molecular flexibility index (Phi) is 4.50. The molecule has 3 rings (SSSR count). The van der Waals surface area contributed by atoms with Gasteiger partial charge >= 0.3 is 11.7 Å². The molecule has 2 heterocycles. The molecule has 8 heteroatoms. The van der Waals surface area contributed by atoms with Crippen LogP contribution in [0.15, 0.2) is 46.1 Å². The number of ether oxygens (including phenoxy) is 1. The summed E-state index contributed by atoms with van der Waals surface area (Å²) < 4.78 is 7.28. The van der Waals surface area contributed by atoms with Crippen LogP contribution in [0.3, 0.4) is 0 Å². The maximum atomic E-state index is 12.9. The lowest BCUT2D eigenvalue weighted by Crippen LogP contribution is -2.46. The molecule has 7 nitrogen and oxygen atoms in total. The van der Waals surface area contributed by atoms with E-state index >= 15 is 0 Å². The molecule has 0 radical (unpaired) electrons. The molecule has 1 aromatic carbocycles. The molecule has 0 spiro atoms. The van der Waals surface area contributed by atoms with E-state index < -0.39 is 29.1 Å². The number of benzene rings is 1. The van der Waals surface area contributed by atoms with E-state index in [2.05, 4.69) is 11.9 Å². The number of hydrogen-bond donors (Lipinski definition) is 1. The van der Waals surface area contributed by atoms with Crippen LogP contribution in [0.5, 0.6) is 0 Å². The molecule has 0 aliphatic carbocycles. The molecule has 136 valence electrons. The Morgan fingerprint density at radius 3 is 2.38 bits per heavy atom. The van der Waals surface area contributed by atoms with Gasteiger partial charge in [-0.15, -0.1) is 0 Å². The van der Waals surface area contributed by atoms with Crippen LogP contribution in [0.1, 0.15) is 17.0 Å². The van der Waals surface area contributed by atoms with Crippen molar-refractivity contribution in [3.63, 3.8) is 0 Å². The zero-order chi connectivity index (χ0) is 19.2. The van der Waals surface area contributed by atoms with Crippen LogP contribution in [0, 0.1) is 5.92 Å². The molecule has 1 aliphatic rings. The molecule has 2 aromatic rings. The van der Waals surface area contributed by atoms with Gasteiger partial charge in [0.25, 0.3) is 5.56 Å². The first-order valence-corrected chi connectivity index (χ1v) is 8.24. The predicted molar refractivity (Wildman–Crippen MR) is 98.5 cm³/mol. The van der Waals surface area contributed by atoms with E-state index in [9.17, 15) is 14.4 Å². The largest absolute Gasteiger partial charge is 0.468 e.